The minimum Gasteiger partial charge on any atom is -0.359 e. The number of likely N-dealkylation sites (N-methyl/N-ethyl adjacent to an activating group) is 1. The molecule has 0 radical (unpaired) electrons. The summed E-state index contributed by atoms with van der Waals surface area (Å²) in [6, 6.07) is 12.0. The van der Waals surface area contributed by atoms with Crippen LogP contribution in [0.2, 0.25) is 0 Å². The zero-order valence-corrected chi connectivity index (χ0v) is 21.3. The van der Waals surface area contributed by atoms with Gasteiger partial charge < -0.3 is 20.5 Å². The number of fused-ring (bicyclic) bond motifs is 1. The van der Waals surface area contributed by atoms with E-state index in [0.717, 1.165) is 42.1 Å². The number of amides is 2. The van der Waals surface area contributed by atoms with Gasteiger partial charge in [0.1, 0.15) is 5.82 Å². The number of halogens is 1. The highest BCUT2D eigenvalue weighted by Gasteiger charge is 2.28. The molecule has 4 rings (SSSR count). The first-order valence-corrected chi connectivity index (χ1v) is 12.4. The number of aryl methyl sites for hydroxylation is 1. The van der Waals surface area contributed by atoms with Gasteiger partial charge in [-0.1, -0.05) is 44.2 Å². The van der Waals surface area contributed by atoms with Gasteiger partial charge in [0.05, 0.1) is 12.0 Å². The lowest BCUT2D eigenvalue weighted by atomic mass is 9.93. The Morgan fingerprint density at radius 3 is 2.50 bits per heavy atom. The minimum atomic E-state index is -0.342. The number of anilines is 1. The second-order valence-electron chi connectivity index (χ2n) is 9.04. The summed E-state index contributed by atoms with van der Waals surface area (Å²) in [7, 11) is 0. The molecule has 2 heterocycles. The van der Waals surface area contributed by atoms with Gasteiger partial charge in [-0.2, -0.15) is 0 Å². The topological polar surface area (TPSA) is 77.2 Å². The van der Waals surface area contributed by atoms with Crippen LogP contribution in [0, 0.1) is 19.7 Å². The van der Waals surface area contributed by atoms with E-state index in [1.807, 2.05) is 32.0 Å². The summed E-state index contributed by atoms with van der Waals surface area (Å²) in [5.74, 6) is -0.612. The molecule has 1 aliphatic rings. The van der Waals surface area contributed by atoms with E-state index >= 15 is 0 Å². The fourth-order valence-electron chi connectivity index (χ4n) is 4.78. The predicted molar refractivity (Wildman–Crippen MR) is 143 cm³/mol. The van der Waals surface area contributed by atoms with Gasteiger partial charge >= 0.3 is 0 Å². The SMILES string of the molecule is CCN(CC)CCNC(=O)Cc1c(C)[nH]c(/C=C2\C(=O)Nc3cccc(-c4ccccc4F)c32)c1C. The third-order valence-electron chi connectivity index (χ3n) is 6.89. The standard InChI is InChI=1S/C29H33FN4O2/c1-5-34(6-2)15-14-31-27(35)17-22-18(3)26(32-19(22)4)16-23-28-21(20-10-7-8-12-24(20)30)11-9-13-25(28)33-29(23)36/h7-13,16,32H,5-6,14-15,17H2,1-4H3,(H,31,35)(H,33,36)/b23-16-. The van der Waals surface area contributed by atoms with E-state index in [-0.39, 0.29) is 24.1 Å². The summed E-state index contributed by atoms with van der Waals surface area (Å²) in [5.41, 5.74) is 6.38. The number of aromatic nitrogens is 1. The molecule has 0 spiro atoms. The van der Waals surface area contributed by atoms with E-state index < -0.39 is 0 Å². The number of rotatable bonds is 9. The normalized spacial score (nSPS) is 13.8. The summed E-state index contributed by atoms with van der Waals surface area (Å²) < 4.78 is 14.6. The fraction of sp³-hybridized carbons (Fsp3) is 0.310. The monoisotopic (exact) mass is 488 g/mol. The van der Waals surface area contributed by atoms with Crippen molar-refractivity contribution < 1.29 is 14.0 Å². The molecule has 1 aromatic heterocycles. The quantitative estimate of drug-likeness (QED) is 0.374. The summed E-state index contributed by atoms with van der Waals surface area (Å²) in [4.78, 5) is 31.2. The van der Waals surface area contributed by atoms with Crippen LogP contribution in [0.1, 0.15) is 41.9 Å². The summed E-state index contributed by atoms with van der Waals surface area (Å²) in [5, 5.41) is 5.91. The summed E-state index contributed by atoms with van der Waals surface area (Å²) in [6.07, 6.45) is 2.06. The molecule has 0 bridgehead atoms. The average molecular weight is 489 g/mol. The largest absolute Gasteiger partial charge is 0.359 e. The Kier molecular flexibility index (Phi) is 7.70. The van der Waals surface area contributed by atoms with E-state index in [4.69, 9.17) is 0 Å². The van der Waals surface area contributed by atoms with Crippen molar-refractivity contribution in [2.45, 2.75) is 34.1 Å². The molecule has 1 aliphatic heterocycles. The second-order valence-corrected chi connectivity index (χ2v) is 9.04. The van der Waals surface area contributed by atoms with Crippen molar-refractivity contribution in [3.63, 3.8) is 0 Å². The molecule has 7 heteroatoms. The molecule has 3 N–H and O–H groups in total. The molecule has 2 amide bonds. The van der Waals surface area contributed by atoms with Crippen LogP contribution in [-0.2, 0) is 16.0 Å². The van der Waals surface area contributed by atoms with Crippen molar-refractivity contribution in [1.29, 1.82) is 0 Å². The number of hydrogen-bond donors (Lipinski definition) is 3. The van der Waals surface area contributed by atoms with Crippen molar-refractivity contribution in [1.82, 2.24) is 15.2 Å². The summed E-state index contributed by atoms with van der Waals surface area (Å²) in [6.45, 7) is 11.4. The lowest BCUT2D eigenvalue weighted by molar-refractivity contribution is -0.120. The number of benzene rings is 2. The van der Waals surface area contributed by atoms with Gasteiger partial charge in [-0.15, -0.1) is 0 Å². The first-order chi connectivity index (χ1) is 17.3. The van der Waals surface area contributed by atoms with Crippen LogP contribution in [0.5, 0.6) is 0 Å². The number of hydrogen-bond acceptors (Lipinski definition) is 3. The Hall–Kier alpha value is -3.71. The van der Waals surface area contributed by atoms with E-state index in [1.165, 1.54) is 6.07 Å². The molecule has 0 saturated heterocycles. The van der Waals surface area contributed by atoms with Gasteiger partial charge in [-0.3, -0.25) is 9.59 Å². The third-order valence-corrected chi connectivity index (χ3v) is 6.89. The van der Waals surface area contributed by atoms with Crippen LogP contribution < -0.4 is 10.6 Å². The molecule has 0 fully saturated rings. The first-order valence-electron chi connectivity index (χ1n) is 12.4. The Morgan fingerprint density at radius 2 is 1.78 bits per heavy atom. The van der Waals surface area contributed by atoms with Gasteiger partial charge in [0.15, 0.2) is 0 Å². The number of aromatic amines is 1. The Balaban J connectivity index is 1.61. The molecule has 188 valence electrons. The van der Waals surface area contributed by atoms with Gasteiger partial charge in [-0.25, -0.2) is 4.39 Å². The molecule has 0 aliphatic carbocycles. The van der Waals surface area contributed by atoms with Crippen molar-refractivity contribution in [2.75, 3.05) is 31.5 Å². The van der Waals surface area contributed by atoms with Gasteiger partial charge in [0, 0.05) is 41.3 Å². The van der Waals surface area contributed by atoms with Crippen LogP contribution in [-0.4, -0.2) is 47.9 Å². The highest BCUT2D eigenvalue weighted by molar-refractivity contribution is 6.36. The van der Waals surface area contributed by atoms with Gasteiger partial charge in [0.25, 0.3) is 5.91 Å². The maximum atomic E-state index is 14.6. The maximum absolute atomic E-state index is 14.6. The first kappa shape index (κ1) is 25.4. The zero-order chi connectivity index (χ0) is 25.8. The molecule has 0 atom stereocenters. The zero-order valence-electron chi connectivity index (χ0n) is 21.3. The fourth-order valence-corrected chi connectivity index (χ4v) is 4.78. The van der Waals surface area contributed by atoms with Crippen LogP contribution in [0.25, 0.3) is 22.8 Å². The molecule has 0 unspecified atom stereocenters. The van der Waals surface area contributed by atoms with Crippen molar-refractivity contribution in [3.8, 4) is 11.1 Å². The Labute approximate surface area is 211 Å². The van der Waals surface area contributed by atoms with Crippen molar-refractivity contribution in [3.05, 3.63) is 76.4 Å². The van der Waals surface area contributed by atoms with Gasteiger partial charge in [0.2, 0.25) is 5.91 Å². The van der Waals surface area contributed by atoms with Crippen LogP contribution in [0.15, 0.2) is 42.5 Å². The maximum Gasteiger partial charge on any atom is 0.256 e. The van der Waals surface area contributed by atoms with E-state index in [2.05, 4.69) is 34.4 Å². The Bertz CT molecular complexity index is 1320. The van der Waals surface area contributed by atoms with Crippen LogP contribution >= 0.6 is 0 Å². The number of carbonyl (C=O) groups is 2. The molecular weight excluding hydrogens is 455 g/mol. The smallest absolute Gasteiger partial charge is 0.256 e. The molecule has 3 aromatic rings. The molecule has 0 saturated carbocycles. The lowest BCUT2D eigenvalue weighted by Gasteiger charge is -2.18. The minimum absolute atomic E-state index is 0.0302. The molecule has 36 heavy (non-hydrogen) atoms. The molecule has 6 nitrogen and oxygen atoms in total. The van der Waals surface area contributed by atoms with Crippen molar-refractivity contribution >= 4 is 29.2 Å². The number of nitrogens with one attached hydrogen (secondary N) is 3. The predicted octanol–water partition coefficient (Wildman–Crippen LogP) is 4.93. The van der Waals surface area contributed by atoms with Crippen molar-refractivity contribution in [2.24, 2.45) is 0 Å². The highest BCUT2D eigenvalue weighted by atomic mass is 19.1. The van der Waals surface area contributed by atoms with E-state index in [1.54, 1.807) is 24.3 Å². The number of carbonyl (C=O) groups excluding carboxylic acids is 2. The van der Waals surface area contributed by atoms with E-state index in [0.29, 0.717) is 34.5 Å². The summed E-state index contributed by atoms with van der Waals surface area (Å²) >= 11 is 0. The average Bonchev–Trinajstić information content (AvgIpc) is 3.32. The van der Waals surface area contributed by atoms with Crippen LogP contribution in [0.4, 0.5) is 10.1 Å². The Morgan fingerprint density at radius 1 is 1.06 bits per heavy atom. The highest BCUT2D eigenvalue weighted by Crippen LogP contribution is 2.41. The molecule has 2 aromatic carbocycles. The van der Waals surface area contributed by atoms with Gasteiger partial charge in [-0.05, 0) is 61.8 Å². The third kappa shape index (κ3) is 5.11. The second kappa shape index (κ2) is 10.9. The lowest BCUT2D eigenvalue weighted by Crippen LogP contribution is -2.35. The number of H-pyrrole nitrogens is 1. The van der Waals surface area contributed by atoms with E-state index in [9.17, 15) is 14.0 Å². The number of nitrogens with zero attached hydrogens (tertiary/aromatic N) is 1. The van der Waals surface area contributed by atoms with Crippen LogP contribution in [0.3, 0.4) is 0 Å². The molecular formula is C29H33FN4O2.